The van der Waals surface area contributed by atoms with Crippen molar-refractivity contribution in [1.29, 1.82) is 0 Å². The van der Waals surface area contributed by atoms with Gasteiger partial charge in [-0.15, -0.1) is 0 Å². The van der Waals surface area contributed by atoms with Crippen LogP contribution in [0.2, 0.25) is 0 Å². The highest BCUT2D eigenvalue weighted by atomic mass is 79.9. The number of H-pyrrole nitrogens is 1. The van der Waals surface area contributed by atoms with Gasteiger partial charge in [0.1, 0.15) is 0 Å². The molecule has 2 aromatic rings. The van der Waals surface area contributed by atoms with E-state index in [4.69, 9.17) is 4.42 Å². The maximum Gasteiger partial charge on any atom is 0.289 e. The van der Waals surface area contributed by atoms with Gasteiger partial charge < -0.3 is 19.2 Å². The first-order valence-electron chi connectivity index (χ1n) is 7.08. The fraction of sp³-hybridized carbons (Fsp3) is 0.333. The van der Waals surface area contributed by atoms with E-state index in [1.165, 1.54) is 0 Å². The van der Waals surface area contributed by atoms with E-state index in [0.717, 1.165) is 5.69 Å². The molecule has 1 fully saturated rings. The molecule has 1 saturated heterocycles. The third-order valence-electron chi connectivity index (χ3n) is 3.71. The minimum absolute atomic E-state index is 0.0790. The van der Waals surface area contributed by atoms with Gasteiger partial charge in [-0.2, -0.15) is 0 Å². The lowest BCUT2D eigenvalue weighted by Crippen LogP contribution is -2.50. The van der Waals surface area contributed by atoms with Crippen LogP contribution < -0.4 is 0 Å². The van der Waals surface area contributed by atoms with Crippen molar-refractivity contribution in [1.82, 2.24) is 14.8 Å². The van der Waals surface area contributed by atoms with E-state index in [9.17, 15) is 9.59 Å². The van der Waals surface area contributed by atoms with Crippen LogP contribution in [-0.4, -0.2) is 52.8 Å². The molecular formula is C15H16BrN3O3. The molecule has 1 N–H and O–H groups in total. The molecule has 2 aromatic heterocycles. The van der Waals surface area contributed by atoms with Gasteiger partial charge in [-0.1, -0.05) is 0 Å². The Morgan fingerprint density at radius 2 is 1.86 bits per heavy atom. The van der Waals surface area contributed by atoms with Gasteiger partial charge in [0.05, 0.1) is 6.42 Å². The third kappa shape index (κ3) is 3.24. The number of carbonyl (C=O) groups excluding carboxylic acids is 2. The molecule has 0 aliphatic carbocycles. The molecule has 3 rings (SSSR count). The molecule has 0 saturated carbocycles. The molecule has 6 nitrogen and oxygen atoms in total. The number of amides is 2. The van der Waals surface area contributed by atoms with Gasteiger partial charge in [0.25, 0.3) is 5.91 Å². The van der Waals surface area contributed by atoms with E-state index in [-0.39, 0.29) is 11.8 Å². The minimum atomic E-state index is -0.137. The second-order valence-electron chi connectivity index (χ2n) is 5.15. The number of hydrogen-bond donors (Lipinski definition) is 1. The Morgan fingerprint density at radius 3 is 2.45 bits per heavy atom. The molecule has 0 bridgehead atoms. The number of furan rings is 1. The Balaban J connectivity index is 1.54. The van der Waals surface area contributed by atoms with E-state index < -0.39 is 0 Å². The normalized spacial score (nSPS) is 15.1. The van der Waals surface area contributed by atoms with Crippen molar-refractivity contribution in [2.75, 3.05) is 26.2 Å². The van der Waals surface area contributed by atoms with Crippen LogP contribution in [0.4, 0.5) is 0 Å². The van der Waals surface area contributed by atoms with Crippen LogP contribution in [-0.2, 0) is 11.2 Å². The SMILES string of the molecule is O=C(Cc1ccc[nH]1)N1CCN(C(=O)c2ccc(Br)o2)CC1. The Morgan fingerprint density at radius 1 is 1.14 bits per heavy atom. The maximum atomic E-state index is 12.2. The van der Waals surface area contributed by atoms with E-state index in [0.29, 0.717) is 43.0 Å². The molecule has 0 radical (unpaired) electrons. The van der Waals surface area contributed by atoms with E-state index in [1.807, 2.05) is 12.1 Å². The summed E-state index contributed by atoms with van der Waals surface area (Å²) in [4.78, 5) is 31.0. The van der Waals surface area contributed by atoms with Gasteiger partial charge in [-0.25, -0.2) is 0 Å². The Labute approximate surface area is 136 Å². The van der Waals surface area contributed by atoms with Crippen LogP contribution in [0.15, 0.2) is 39.5 Å². The van der Waals surface area contributed by atoms with Crippen molar-refractivity contribution >= 4 is 27.7 Å². The van der Waals surface area contributed by atoms with Gasteiger partial charge in [0, 0.05) is 38.1 Å². The van der Waals surface area contributed by atoms with Gasteiger partial charge in [0.2, 0.25) is 5.91 Å². The minimum Gasteiger partial charge on any atom is -0.444 e. The molecule has 2 amide bonds. The van der Waals surface area contributed by atoms with Gasteiger partial charge in [0.15, 0.2) is 10.4 Å². The van der Waals surface area contributed by atoms with Crippen molar-refractivity contribution < 1.29 is 14.0 Å². The summed E-state index contributed by atoms with van der Waals surface area (Å²) < 4.78 is 5.82. The third-order valence-corrected chi connectivity index (χ3v) is 4.13. The number of nitrogens with one attached hydrogen (secondary N) is 1. The molecule has 0 spiro atoms. The number of rotatable bonds is 3. The summed E-state index contributed by atoms with van der Waals surface area (Å²) in [5, 5.41) is 0. The zero-order chi connectivity index (χ0) is 15.5. The van der Waals surface area contributed by atoms with E-state index >= 15 is 0 Å². The summed E-state index contributed by atoms with van der Waals surface area (Å²) in [7, 11) is 0. The molecule has 7 heteroatoms. The average Bonchev–Trinajstić information content (AvgIpc) is 3.18. The summed E-state index contributed by atoms with van der Waals surface area (Å²) >= 11 is 3.19. The molecule has 1 aliphatic heterocycles. The van der Waals surface area contributed by atoms with Crippen molar-refractivity contribution in [3.8, 4) is 0 Å². The Hall–Kier alpha value is -2.02. The topological polar surface area (TPSA) is 69.6 Å². The van der Waals surface area contributed by atoms with E-state index in [1.54, 1.807) is 28.1 Å². The number of carbonyl (C=O) groups is 2. The number of halogens is 1. The van der Waals surface area contributed by atoms with Crippen LogP contribution in [0.5, 0.6) is 0 Å². The molecule has 1 aliphatic rings. The molecule has 3 heterocycles. The van der Waals surface area contributed by atoms with Crippen LogP contribution in [0.25, 0.3) is 0 Å². The first-order valence-corrected chi connectivity index (χ1v) is 7.87. The van der Waals surface area contributed by atoms with Crippen molar-refractivity contribution in [3.05, 3.63) is 46.6 Å². The number of hydrogen-bond acceptors (Lipinski definition) is 3. The highest BCUT2D eigenvalue weighted by Crippen LogP contribution is 2.17. The van der Waals surface area contributed by atoms with Gasteiger partial charge >= 0.3 is 0 Å². The van der Waals surface area contributed by atoms with Gasteiger partial charge in [-0.3, -0.25) is 9.59 Å². The predicted octanol–water partition coefficient (Wildman–Crippen LogP) is 1.90. The van der Waals surface area contributed by atoms with Crippen molar-refractivity contribution in [2.45, 2.75) is 6.42 Å². The van der Waals surface area contributed by atoms with Crippen LogP contribution in [0.3, 0.4) is 0 Å². The predicted molar refractivity (Wildman–Crippen MR) is 83.4 cm³/mol. The molecule has 116 valence electrons. The number of aromatic nitrogens is 1. The lowest BCUT2D eigenvalue weighted by molar-refractivity contribution is -0.132. The maximum absolute atomic E-state index is 12.2. The average molecular weight is 366 g/mol. The molecule has 0 aromatic carbocycles. The zero-order valence-corrected chi connectivity index (χ0v) is 13.5. The highest BCUT2D eigenvalue weighted by molar-refractivity contribution is 9.10. The molecule has 0 unspecified atom stereocenters. The van der Waals surface area contributed by atoms with E-state index in [2.05, 4.69) is 20.9 Å². The summed E-state index contributed by atoms with van der Waals surface area (Å²) in [6.45, 7) is 2.14. The second-order valence-corrected chi connectivity index (χ2v) is 5.93. The first kappa shape index (κ1) is 14.9. The summed E-state index contributed by atoms with van der Waals surface area (Å²) in [5.41, 5.74) is 0.906. The van der Waals surface area contributed by atoms with Crippen LogP contribution in [0, 0.1) is 0 Å². The van der Waals surface area contributed by atoms with Crippen LogP contribution >= 0.6 is 15.9 Å². The fourth-order valence-corrected chi connectivity index (χ4v) is 2.80. The highest BCUT2D eigenvalue weighted by Gasteiger charge is 2.26. The molecule has 0 atom stereocenters. The second kappa shape index (κ2) is 6.39. The quantitative estimate of drug-likeness (QED) is 0.902. The summed E-state index contributed by atoms with van der Waals surface area (Å²) in [5.74, 6) is 0.260. The Kier molecular flexibility index (Phi) is 4.33. The number of nitrogens with zero attached hydrogens (tertiary/aromatic N) is 2. The van der Waals surface area contributed by atoms with Crippen LogP contribution in [0.1, 0.15) is 16.2 Å². The lowest BCUT2D eigenvalue weighted by Gasteiger charge is -2.34. The van der Waals surface area contributed by atoms with Gasteiger partial charge in [-0.05, 0) is 40.2 Å². The zero-order valence-electron chi connectivity index (χ0n) is 11.9. The molecular weight excluding hydrogens is 350 g/mol. The molecule has 22 heavy (non-hydrogen) atoms. The first-order chi connectivity index (χ1) is 10.6. The lowest BCUT2D eigenvalue weighted by atomic mass is 10.2. The fourth-order valence-electron chi connectivity index (χ4n) is 2.50. The number of piperazine rings is 1. The number of aromatic amines is 1. The van der Waals surface area contributed by atoms with Crippen molar-refractivity contribution in [2.24, 2.45) is 0 Å². The smallest absolute Gasteiger partial charge is 0.289 e. The summed E-state index contributed by atoms with van der Waals surface area (Å²) in [6, 6.07) is 7.12. The largest absolute Gasteiger partial charge is 0.444 e. The summed E-state index contributed by atoms with van der Waals surface area (Å²) in [6.07, 6.45) is 2.17. The standard InChI is InChI=1S/C15H16BrN3O3/c16-13-4-3-12(22-13)15(21)19-8-6-18(7-9-19)14(20)10-11-2-1-5-17-11/h1-5,17H,6-10H2. The monoisotopic (exact) mass is 365 g/mol. The van der Waals surface area contributed by atoms with Crippen molar-refractivity contribution in [3.63, 3.8) is 0 Å². The Bertz CT molecular complexity index is 657.